The van der Waals surface area contributed by atoms with E-state index in [1.165, 1.54) is 38.1 Å². The van der Waals surface area contributed by atoms with Gasteiger partial charge >= 0.3 is 0 Å². The van der Waals surface area contributed by atoms with Crippen molar-refractivity contribution in [3.63, 3.8) is 0 Å². The number of fused-ring (bicyclic) bond motifs is 6. The number of rotatable bonds is 2. The van der Waals surface area contributed by atoms with E-state index < -0.39 is 0 Å². The summed E-state index contributed by atoms with van der Waals surface area (Å²) in [6.45, 7) is 0. The molecule has 3 nitrogen and oxygen atoms in total. The summed E-state index contributed by atoms with van der Waals surface area (Å²) in [6.07, 6.45) is 6.10. The summed E-state index contributed by atoms with van der Waals surface area (Å²) in [6, 6.07) is 34.4. The molecule has 7 aromatic rings. The number of pyridine rings is 1. The summed E-state index contributed by atoms with van der Waals surface area (Å²) < 4.78 is 4.69. The Balaban J connectivity index is 1.73. The molecule has 0 aliphatic carbocycles. The molecule has 4 aromatic carbocycles. The molecule has 0 saturated heterocycles. The molecule has 0 amide bonds. The number of nitrogens with zero attached hydrogens (tertiary/aromatic N) is 3. The standard InChI is InChI=1S/C29H19N3/c1-2-9-22(10-3-1)31-17-16-20-14-15-25-24-12-6-7-13-26(24)32(29(25)28(20)31)27-19-30-18-21-8-4-5-11-23(21)27/h1-19H. The summed E-state index contributed by atoms with van der Waals surface area (Å²) in [5.41, 5.74) is 5.85. The van der Waals surface area contributed by atoms with Crippen molar-refractivity contribution in [2.75, 3.05) is 0 Å². The average molecular weight is 409 g/mol. The zero-order valence-corrected chi connectivity index (χ0v) is 17.3. The summed E-state index contributed by atoms with van der Waals surface area (Å²) in [4.78, 5) is 4.60. The first-order valence-electron chi connectivity index (χ1n) is 10.8. The van der Waals surface area contributed by atoms with Gasteiger partial charge in [0.05, 0.1) is 28.4 Å². The molecule has 7 rings (SSSR count). The molecule has 0 atom stereocenters. The second-order valence-electron chi connectivity index (χ2n) is 8.15. The topological polar surface area (TPSA) is 22.8 Å². The lowest BCUT2D eigenvalue weighted by atomic mass is 10.1. The van der Waals surface area contributed by atoms with Crippen LogP contribution in [0.1, 0.15) is 0 Å². The van der Waals surface area contributed by atoms with Crippen molar-refractivity contribution in [1.29, 1.82) is 0 Å². The Morgan fingerprint density at radius 3 is 2.22 bits per heavy atom. The van der Waals surface area contributed by atoms with Gasteiger partial charge in [-0.15, -0.1) is 0 Å². The minimum absolute atomic E-state index is 1.10. The third kappa shape index (κ3) is 2.33. The van der Waals surface area contributed by atoms with E-state index in [-0.39, 0.29) is 0 Å². The Morgan fingerprint density at radius 1 is 0.531 bits per heavy atom. The fourth-order valence-corrected chi connectivity index (χ4v) is 5.01. The Kier molecular flexibility index (Phi) is 3.55. The molecule has 0 aliphatic rings. The van der Waals surface area contributed by atoms with Crippen LogP contribution in [0.15, 0.2) is 116 Å². The largest absolute Gasteiger partial charge is 0.315 e. The van der Waals surface area contributed by atoms with Gasteiger partial charge < -0.3 is 9.13 Å². The summed E-state index contributed by atoms with van der Waals surface area (Å²) >= 11 is 0. The molecule has 0 aliphatic heterocycles. The van der Waals surface area contributed by atoms with E-state index in [0.29, 0.717) is 0 Å². The highest BCUT2D eigenvalue weighted by Gasteiger charge is 2.18. The SMILES string of the molecule is c1ccc(-n2ccc3ccc4c5ccccc5n(-c5cncc6ccccc56)c4c32)cc1. The Labute approximate surface area is 184 Å². The molecule has 150 valence electrons. The van der Waals surface area contributed by atoms with Gasteiger partial charge in [0.15, 0.2) is 0 Å². The lowest BCUT2D eigenvalue weighted by Gasteiger charge is -2.13. The Hall–Kier alpha value is -4.37. The molecular formula is C29H19N3. The minimum atomic E-state index is 1.10. The molecular weight excluding hydrogens is 390 g/mol. The molecule has 3 aromatic heterocycles. The summed E-state index contributed by atoms with van der Waals surface area (Å²) in [7, 11) is 0. The van der Waals surface area contributed by atoms with E-state index >= 15 is 0 Å². The number of para-hydroxylation sites is 2. The van der Waals surface area contributed by atoms with Crippen molar-refractivity contribution in [2.24, 2.45) is 0 Å². The zero-order valence-electron chi connectivity index (χ0n) is 17.3. The smallest absolute Gasteiger partial charge is 0.0789 e. The van der Waals surface area contributed by atoms with E-state index in [0.717, 1.165) is 16.8 Å². The number of benzene rings is 4. The van der Waals surface area contributed by atoms with E-state index in [1.807, 2.05) is 12.4 Å². The Morgan fingerprint density at radius 2 is 1.31 bits per heavy atom. The van der Waals surface area contributed by atoms with Gasteiger partial charge in [0.1, 0.15) is 0 Å². The number of aromatic nitrogens is 3. The van der Waals surface area contributed by atoms with Crippen LogP contribution in [0.2, 0.25) is 0 Å². The van der Waals surface area contributed by atoms with Gasteiger partial charge in [-0.25, -0.2) is 0 Å². The molecule has 32 heavy (non-hydrogen) atoms. The van der Waals surface area contributed by atoms with Crippen LogP contribution < -0.4 is 0 Å². The normalized spacial score (nSPS) is 11.8. The monoisotopic (exact) mass is 409 g/mol. The number of hydrogen-bond acceptors (Lipinski definition) is 1. The van der Waals surface area contributed by atoms with Crippen LogP contribution in [0.3, 0.4) is 0 Å². The zero-order chi connectivity index (χ0) is 21.1. The first kappa shape index (κ1) is 17.3. The van der Waals surface area contributed by atoms with Gasteiger partial charge in [-0.05, 0) is 24.3 Å². The van der Waals surface area contributed by atoms with E-state index in [4.69, 9.17) is 0 Å². The molecule has 0 unspecified atom stereocenters. The van der Waals surface area contributed by atoms with Gasteiger partial charge in [0.2, 0.25) is 0 Å². The fraction of sp³-hybridized carbons (Fsp3) is 0. The maximum Gasteiger partial charge on any atom is 0.0789 e. The second kappa shape index (κ2) is 6.56. The van der Waals surface area contributed by atoms with E-state index in [2.05, 4.69) is 117 Å². The van der Waals surface area contributed by atoms with Crippen molar-refractivity contribution in [3.8, 4) is 11.4 Å². The minimum Gasteiger partial charge on any atom is -0.315 e. The van der Waals surface area contributed by atoms with Gasteiger partial charge in [0.25, 0.3) is 0 Å². The van der Waals surface area contributed by atoms with Crippen molar-refractivity contribution >= 4 is 43.5 Å². The first-order chi connectivity index (χ1) is 15.9. The van der Waals surface area contributed by atoms with Crippen LogP contribution >= 0.6 is 0 Å². The van der Waals surface area contributed by atoms with Crippen LogP contribution in [-0.2, 0) is 0 Å². The summed E-state index contributed by atoms with van der Waals surface area (Å²) in [5, 5.41) is 6.05. The Bertz CT molecular complexity index is 1770. The van der Waals surface area contributed by atoms with E-state index in [9.17, 15) is 0 Å². The maximum atomic E-state index is 4.60. The molecule has 0 bridgehead atoms. The third-order valence-electron chi connectivity index (χ3n) is 6.41. The first-order valence-corrected chi connectivity index (χ1v) is 10.8. The average Bonchev–Trinajstić information content (AvgIpc) is 3.43. The van der Waals surface area contributed by atoms with Gasteiger partial charge in [0, 0.05) is 45.0 Å². The maximum absolute atomic E-state index is 4.60. The van der Waals surface area contributed by atoms with Crippen molar-refractivity contribution in [2.45, 2.75) is 0 Å². The van der Waals surface area contributed by atoms with Gasteiger partial charge in [-0.2, -0.15) is 0 Å². The van der Waals surface area contributed by atoms with E-state index in [1.54, 1.807) is 0 Å². The third-order valence-corrected chi connectivity index (χ3v) is 6.41. The molecule has 0 fully saturated rings. The molecule has 0 N–H and O–H groups in total. The van der Waals surface area contributed by atoms with Crippen LogP contribution in [-0.4, -0.2) is 14.1 Å². The highest BCUT2D eigenvalue weighted by atomic mass is 15.0. The van der Waals surface area contributed by atoms with Crippen molar-refractivity contribution in [3.05, 3.63) is 116 Å². The molecule has 0 saturated carbocycles. The number of hydrogen-bond donors (Lipinski definition) is 0. The predicted molar refractivity (Wildman–Crippen MR) is 133 cm³/mol. The highest BCUT2D eigenvalue weighted by Crippen LogP contribution is 2.38. The lowest BCUT2D eigenvalue weighted by molar-refractivity contribution is 1.11. The molecule has 3 heterocycles. The van der Waals surface area contributed by atoms with Crippen molar-refractivity contribution < 1.29 is 0 Å². The molecule has 0 spiro atoms. The van der Waals surface area contributed by atoms with Gasteiger partial charge in [-0.3, -0.25) is 4.98 Å². The predicted octanol–water partition coefficient (Wildman–Crippen LogP) is 7.28. The molecule has 3 heteroatoms. The lowest BCUT2D eigenvalue weighted by Crippen LogP contribution is -1.99. The van der Waals surface area contributed by atoms with Crippen molar-refractivity contribution in [1.82, 2.24) is 14.1 Å². The van der Waals surface area contributed by atoms with Gasteiger partial charge in [-0.1, -0.05) is 72.8 Å². The fourth-order valence-electron chi connectivity index (χ4n) is 5.01. The molecule has 0 radical (unpaired) electrons. The quantitative estimate of drug-likeness (QED) is 0.294. The van der Waals surface area contributed by atoms with Crippen LogP contribution in [0, 0.1) is 0 Å². The summed E-state index contributed by atoms with van der Waals surface area (Å²) in [5.74, 6) is 0. The van der Waals surface area contributed by atoms with Crippen LogP contribution in [0.5, 0.6) is 0 Å². The van der Waals surface area contributed by atoms with Crippen LogP contribution in [0.25, 0.3) is 54.9 Å². The second-order valence-corrected chi connectivity index (χ2v) is 8.15. The van der Waals surface area contributed by atoms with Crippen LogP contribution in [0.4, 0.5) is 0 Å². The highest BCUT2D eigenvalue weighted by molar-refractivity contribution is 6.18.